The van der Waals surface area contributed by atoms with E-state index >= 15 is 0 Å². The molecule has 2 rings (SSSR count). The number of nitrogens with one attached hydrogen (secondary N) is 1. The van der Waals surface area contributed by atoms with E-state index in [1.807, 2.05) is 13.0 Å². The van der Waals surface area contributed by atoms with Crippen molar-refractivity contribution in [2.24, 2.45) is 0 Å². The summed E-state index contributed by atoms with van der Waals surface area (Å²) in [5, 5.41) is 5.06. The van der Waals surface area contributed by atoms with Crippen molar-refractivity contribution >= 4 is 28.1 Å². The van der Waals surface area contributed by atoms with E-state index in [9.17, 15) is 4.79 Å². The number of rotatable bonds is 2. The van der Waals surface area contributed by atoms with Gasteiger partial charge in [0.2, 0.25) is 0 Å². The molecule has 0 saturated heterocycles. The van der Waals surface area contributed by atoms with Gasteiger partial charge in [-0.1, -0.05) is 6.07 Å². The molecule has 0 fully saturated rings. The Bertz CT molecular complexity index is 508. The van der Waals surface area contributed by atoms with E-state index in [1.165, 1.54) is 11.3 Å². The van der Waals surface area contributed by atoms with E-state index < -0.39 is 0 Å². The minimum absolute atomic E-state index is 0.229. The molecule has 0 aliphatic heterocycles. The van der Waals surface area contributed by atoms with Gasteiger partial charge in [-0.15, -0.1) is 11.3 Å². The summed E-state index contributed by atoms with van der Waals surface area (Å²) in [5.41, 5.74) is 7.76. The van der Waals surface area contributed by atoms with Crippen LogP contribution < -0.4 is 11.1 Å². The molecule has 0 aliphatic carbocycles. The lowest BCUT2D eigenvalue weighted by atomic mass is 10.1. The molecule has 5 heteroatoms. The zero-order chi connectivity index (χ0) is 11.5. The molecule has 0 unspecified atom stereocenters. The molecule has 1 aromatic carbocycles. The molecule has 1 aromatic heterocycles. The van der Waals surface area contributed by atoms with Gasteiger partial charge in [-0.05, 0) is 24.6 Å². The number of carbonyl (C=O) groups is 1. The standard InChI is InChI=1S/C11H11N3OS/c1-7-2-3-8(9(12)6-7)10(15)14-11-13-4-5-16-11/h2-6H,12H2,1H3,(H,13,14,15). The molecule has 82 valence electrons. The number of aromatic nitrogens is 1. The van der Waals surface area contributed by atoms with Gasteiger partial charge in [0.25, 0.3) is 5.91 Å². The number of nitrogen functional groups attached to an aromatic ring is 1. The number of benzene rings is 1. The van der Waals surface area contributed by atoms with Crippen LogP contribution in [0.25, 0.3) is 0 Å². The van der Waals surface area contributed by atoms with Crippen LogP contribution in [0.15, 0.2) is 29.8 Å². The average molecular weight is 233 g/mol. The van der Waals surface area contributed by atoms with Gasteiger partial charge < -0.3 is 5.73 Å². The predicted molar refractivity (Wildman–Crippen MR) is 65.7 cm³/mol. The SMILES string of the molecule is Cc1ccc(C(=O)Nc2nccs2)c(N)c1. The maximum absolute atomic E-state index is 11.8. The first-order valence-corrected chi connectivity index (χ1v) is 5.62. The molecule has 4 nitrogen and oxygen atoms in total. The molecular formula is C11H11N3OS. The Morgan fingerprint density at radius 3 is 2.94 bits per heavy atom. The third-order valence-corrected chi connectivity index (χ3v) is 2.79. The van der Waals surface area contributed by atoms with Gasteiger partial charge in [-0.2, -0.15) is 0 Å². The van der Waals surface area contributed by atoms with E-state index in [4.69, 9.17) is 5.73 Å². The van der Waals surface area contributed by atoms with Crippen molar-refractivity contribution in [1.82, 2.24) is 4.98 Å². The summed E-state index contributed by atoms with van der Waals surface area (Å²) < 4.78 is 0. The van der Waals surface area contributed by atoms with Crippen LogP contribution >= 0.6 is 11.3 Å². The Labute approximate surface area is 97.1 Å². The highest BCUT2D eigenvalue weighted by Gasteiger charge is 2.10. The Morgan fingerprint density at radius 2 is 2.31 bits per heavy atom. The summed E-state index contributed by atoms with van der Waals surface area (Å²) in [6.45, 7) is 1.93. The van der Waals surface area contributed by atoms with Crippen molar-refractivity contribution < 1.29 is 4.79 Å². The maximum atomic E-state index is 11.8. The van der Waals surface area contributed by atoms with Gasteiger partial charge in [0.15, 0.2) is 5.13 Å². The van der Waals surface area contributed by atoms with Crippen LogP contribution in [0.5, 0.6) is 0 Å². The molecular weight excluding hydrogens is 222 g/mol. The molecule has 0 aliphatic rings. The zero-order valence-electron chi connectivity index (χ0n) is 8.73. The van der Waals surface area contributed by atoms with Crippen molar-refractivity contribution in [1.29, 1.82) is 0 Å². The molecule has 0 atom stereocenters. The number of nitrogens with two attached hydrogens (primary N) is 1. The van der Waals surface area contributed by atoms with Crippen LogP contribution in [0.3, 0.4) is 0 Å². The van der Waals surface area contributed by atoms with E-state index in [1.54, 1.807) is 23.7 Å². The summed E-state index contributed by atoms with van der Waals surface area (Å²) in [5.74, 6) is -0.229. The maximum Gasteiger partial charge on any atom is 0.259 e. The Kier molecular flexibility index (Phi) is 2.87. The van der Waals surface area contributed by atoms with Gasteiger partial charge in [-0.3, -0.25) is 10.1 Å². The lowest BCUT2D eigenvalue weighted by Gasteiger charge is -2.05. The van der Waals surface area contributed by atoms with Crippen LogP contribution in [-0.2, 0) is 0 Å². The van der Waals surface area contributed by atoms with Crippen molar-refractivity contribution in [3.63, 3.8) is 0 Å². The van der Waals surface area contributed by atoms with Crippen LogP contribution in [0.1, 0.15) is 15.9 Å². The smallest absolute Gasteiger partial charge is 0.259 e. The monoisotopic (exact) mass is 233 g/mol. The first kappa shape index (κ1) is 10.6. The van der Waals surface area contributed by atoms with Crippen molar-refractivity contribution in [2.45, 2.75) is 6.92 Å². The molecule has 3 N–H and O–H groups in total. The van der Waals surface area contributed by atoms with Gasteiger partial charge >= 0.3 is 0 Å². The molecule has 0 bridgehead atoms. The fourth-order valence-electron chi connectivity index (χ4n) is 1.34. The number of nitrogens with zero attached hydrogens (tertiary/aromatic N) is 1. The van der Waals surface area contributed by atoms with Crippen molar-refractivity contribution in [2.75, 3.05) is 11.1 Å². The molecule has 0 radical (unpaired) electrons. The Balaban J connectivity index is 2.21. The van der Waals surface area contributed by atoms with Crippen LogP contribution in [0.2, 0.25) is 0 Å². The second-order valence-electron chi connectivity index (χ2n) is 3.38. The van der Waals surface area contributed by atoms with Crippen LogP contribution in [0.4, 0.5) is 10.8 Å². The number of hydrogen-bond acceptors (Lipinski definition) is 4. The predicted octanol–water partition coefficient (Wildman–Crippen LogP) is 2.29. The molecule has 0 saturated carbocycles. The first-order chi connectivity index (χ1) is 7.66. The lowest BCUT2D eigenvalue weighted by Crippen LogP contribution is -2.13. The number of carbonyl (C=O) groups excluding carboxylic acids is 1. The van der Waals surface area contributed by atoms with Gasteiger partial charge in [0.05, 0.1) is 5.56 Å². The quantitative estimate of drug-likeness (QED) is 0.782. The minimum Gasteiger partial charge on any atom is -0.398 e. The van der Waals surface area contributed by atoms with Crippen molar-refractivity contribution in [3.8, 4) is 0 Å². The summed E-state index contributed by atoms with van der Waals surface area (Å²) in [6.07, 6.45) is 1.64. The molecule has 1 heterocycles. The Morgan fingerprint density at radius 1 is 1.50 bits per heavy atom. The fourth-order valence-corrected chi connectivity index (χ4v) is 1.86. The Hall–Kier alpha value is -1.88. The third-order valence-electron chi connectivity index (χ3n) is 2.10. The first-order valence-electron chi connectivity index (χ1n) is 4.74. The summed E-state index contributed by atoms with van der Waals surface area (Å²) >= 11 is 1.37. The molecule has 1 amide bonds. The molecule has 16 heavy (non-hydrogen) atoms. The fraction of sp³-hybridized carbons (Fsp3) is 0.0909. The highest BCUT2D eigenvalue weighted by atomic mass is 32.1. The normalized spacial score (nSPS) is 10.1. The highest BCUT2D eigenvalue weighted by molar-refractivity contribution is 7.13. The summed E-state index contributed by atoms with van der Waals surface area (Å²) in [7, 11) is 0. The van der Waals surface area contributed by atoms with E-state index in [-0.39, 0.29) is 5.91 Å². The minimum atomic E-state index is -0.229. The number of thiazole rings is 1. The van der Waals surface area contributed by atoms with Crippen LogP contribution in [-0.4, -0.2) is 10.9 Å². The van der Waals surface area contributed by atoms with Crippen LogP contribution in [0, 0.1) is 6.92 Å². The highest BCUT2D eigenvalue weighted by Crippen LogP contribution is 2.17. The van der Waals surface area contributed by atoms with Gasteiger partial charge in [0.1, 0.15) is 0 Å². The average Bonchev–Trinajstić information content (AvgIpc) is 2.70. The second kappa shape index (κ2) is 4.32. The number of anilines is 2. The topological polar surface area (TPSA) is 68.0 Å². The second-order valence-corrected chi connectivity index (χ2v) is 4.28. The molecule has 2 aromatic rings. The lowest BCUT2D eigenvalue weighted by molar-refractivity contribution is 0.102. The van der Waals surface area contributed by atoms with Crippen molar-refractivity contribution in [3.05, 3.63) is 40.9 Å². The van der Waals surface area contributed by atoms with E-state index in [0.717, 1.165) is 5.56 Å². The largest absolute Gasteiger partial charge is 0.398 e. The number of amides is 1. The zero-order valence-corrected chi connectivity index (χ0v) is 9.54. The van der Waals surface area contributed by atoms with E-state index in [0.29, 0.717) is 16.4 Å². The number of aryl methyl sites for hydroxylation is 1. The summed E-state index contributed by atoms with van der Waals surface area (Å²) in [4.78, 5) is 15.8. The number of hydrogen-bond donors (Lipinski definition) is 2. The third kappa shape index (κ3) is 2.20. The summed E-state index contributed by atoms with van der Waals surface area (Å²) in [6, 6.07) is 5.34. The van der Waals surface area contributed by atoms with Gasteiger partial charge in [0, 0.05) is 17.3 Å². The van der Waals surface area contributed by atoms with E-state index in [2.05, 4.69) is 10.3 Å². The molecule has 0 spiro atoms. The van der Waals surface area contributed by atoms with Gasteiger partial charge in [-0.25, -0.2) is 4.98 Å².